The Morgan fingerprint density at radius 1 is 0.733 bits per heavy atom. The van der Waals surface area contributed by atoms with Crippen LogP contribution in [-0.2, 0) is 14.4 Å². The van der Waals surface area contributed by atoms with Gasteiger partial charge in [-0.3, -0.25) is 19.3 Å². The molecule has 0 aliphatic carbocycles. The van der Waals surface area contributed by atoms with E-state index in [2.05, 4.69) is 21.3 Å². The van der Waals surface area contributed by atoms with Gasteiger partial charge < -0.3 is 27.0 Å². The number of amides is 3. The van der Waals surface area contributed by atoms with Gasteiger partial charge in [-0.25, -0.2) is 0 Å². The first-order valence-corrected chi connectivity index (χ1v) is 11.3. The van der Waals surface area contributed by atoms with Gasteiger partial charge in [-0.2, -0.15) is 0 Å². The monoisotopic (exact) mass is 424 g/mol. The Morgan fingerprint density at radius 2 is 1.20 bits per heavy atom. The second-order valence-electron chi connectivity index (χ2n) is 7.42. The largest absolute Gasteiger partial charge is 0.356 e. The molecule has 0 saturated carbocycles. The first kappa shape index (κ1) is 26.2. The summed E-state index contributed by atoms with van der Waals surface area (Å²) in [5.74, 6) is -0.836. The van der Waals surface area contributed by atoms with Crippen molar-refractivity contribution in [2.75, 3.05) is 58.9 Å². The summed E-state index contributed by atoms with van der Waals surface area (Å²) in [4.78, 5) is 35.6. The summed E-state index contributed by atoms with van der Waals surface area (Å²) >= 11 is 0. The van der Waals surface area contributed by atoms with Gasteiger partial charge in [0.05, 0.1) is 0 Å². The fraction of sp³-hybridized carbons (Fsp3) is 0.762. The molecule has 1 aliphatic rings. The highest BCUT2D eigenvalue weighted by Gasteiger charge is 2.23. The van der Waals surface area contributed by atoms with Gasteiger partial charge >= 0.3 is 0 Å². The fourth-order valence-electron chi connectivity index (χ4n) is 3.00. The van der Waals surface area contributed by atoms with Crippen molar-refractivity contribution < 1.29 is 14.4 Å². The molecule has 0 aromatic rings. The van der Waals surface area contributed by atoms with Gasteiger partial charge in [-0.1, -0.05) is 0 Å². The van der Waals surface area contributed by atoms with Crippen molar-refractivity contribution in [2.45, 2.75) is 44.9 Å². The minimum absolute atomic E-state index is 0.133. The van der Waals surface area contributed by atoms with Gasteiger partial charge in [0.15, 0.2) is 0 Å². The third kappa shape index (κ3) is 13.4. The van der Waals surface area contributed by atoms with Gasteiger partial charge in [-0.05, 0) is 84.3 Å². The fourth-order valence-corrected chi connectivity index (χ4v) is 3.00. The highest BCUT2D eigenvalue weighted by Crippen LogP contribution is 2.03. The smallest absolute Gasteiger partial charge is 0.253 e. The van der Waals surface area contributed by atoms with Crippen LogP contribution in [0.25, 0.3) is 0 Å². The van der Waals surface area contributed by atoms with Gasteiger partial charge in [-0.15, -0.1) is 0 Å². The molecule has 0 aromatic heterocycles. The van der Waals surface area contributed by atoms with Crippen molar-refractivity contribution in [3.8, 4) is 0 Å². The zero-order valence-corrected chi connectivity index (χ0v) is 18.2. The van der Waals surface area contributed by atoms with Crippen LogP contribution in [-0.4, -0.2) is 81.5 Å². The molecule has 172 valence electrons. The van der Waals surface area contributed by atoms with Crippen LogP contribution in [0.1, 0.15) is 44.9 Å². The maximum Gasteiger partial charge on any atom is 0.253 e. The Bertz CT molecular complexity index is 509. The average molecular weight is 425 g/mol. The van der Waals surface area contributed by atoms with Gasteiger partial charge in [0.2, 0.25) is 5.91 Å². The number of hydrogen-bond acceptors (Lipinski definition) is 7. The Hall–Kier alpha value is -1.81. The molecule has 1 rings (SSSR count). The summed E-state index contributed by atoms with van der Waals surface area (Å²) in [7, 11) is 0. The maximum absolute atomic E-state index is 11.8. The van der Waals surface area contributed by atoms with E-state index in [0.717, 1.165) is 76.4 Å². The van der Waals surface area contributed by atoms with Crippen LogP contribution in [0.15, 0.2) is 12.2 Å². The summed E-state index contributed by atoms with van der Waals surface area (Å²) in [6.07, 6.45) is 9.18. The number of carbonyl (C=O) groups is 3. The molecule has 0 aromatic carbocycles. The van der Waals surface area contributed by atoms with Gasteiger partial charge in [0.1, 0.15) is 0 Å². The Kier molecular flexibility index (Phi) is 15.7. The van der Waals surface area contributed by atoms with Gasteiger partial charge in [0.25, 0.3) is 11.8 Å². The maximum atomic E-state index is 11.8. The standard InChI is InChI=1S/C21H40N6O3/c22-10-5-15-24-13-3-1-11-23-12-2-4-14-25-16-6-17-26-19(28)9-18-27-20(29)7-8-21(27)30/h7-8,23-25H,1-6,9-18,22H2,(H,26,28). The minimum Gasteiger partial charge on any atom is -0.356 e. The summed E-state index contributed by atoms with van der Waals surface area (Å²) < 4.78 is 0. The molecule has 6 N–H and O–H groups in total. The molecule has 1 aliphatic heterocycles. The molecule has 9 heteroatoms. The van der Waals surface area contributed by atoms with E-state index >= 15 is 0 Å². The van der Waals surface area contributed by atoms with Crippen LogP contribution in [0.2, 0.25) is 0 Å². The van der Waals surface area contributed by atoms with Crippen molar-refractivity contribution in [1.82, 2.24) is 26.2 Å². The molecule has 0 bridgehead atoms. The summed E-state index contributed by atoms with van der Waals surface area (Å²) in [6, 6.07) is 0. The van der Waals surface area contributed by atoms with E-state index in [9.17, 15) is 14.4 Å². The molecule has 0 radical (unpaired) electrons. The molecule has 30 heavy (non-hydrogen) atoms. The molecule has 0 spiro atoms. The third-order valence-electron chi connectivity index (χ3n) is 4.79. The first-order valence-electron chi connectivity index (χ1n) is 11.3. The summed E-state index contributed by atoms with van der Waals surface area (Å²) in [6.45, 7) is 7.53. The highest BCUT2D eigenvalue weighted by atomic mass is 16.2. The molecular weight excluding hydrogens is 384 g/mol. The number of imide groups is 1. The van der Waals surface area contributed by atoms with E-state index < -0.39 is 0 Å². The number of unbranched alkanes of at least 4 members (excludes halogenated alkanes) is 2. The molecular formula is C21H40N6O3. The van der Waals surface area contributed by atoms with E-state index in [0.29, 0.717) is 6.54 Å². The molecule has 3 amide bonds. The second-order valence-corrected chi connectivity index (χ2v) is 7.42. The lowest BCUT2D eigenvalue weighted by Crippen LogP contribution is -2.35. The van der Waals surface area contributed by atoms with Crippen LogP contribution in [0.3, 0.4) is 0 Å². The molecule has 0 fully saturated rings. The van der Waals surface area contributed by atoms with Crippen LogP contribution in [0, 0.1) is 0 Å². The summed E-state index contributed by atoms with van der Waals surface area (Å²) in [5, 5.41) is 13.1. The van der Waals surface area contributed by atoms with Gasteiger partial charge in [0, 0.05) is 31.7 Å². The topological polar surface area (TPSA) is 129 Å². The van der Waals surface area contributed by atoms with Crippen LogP contribution in [0.4, 0.5) is 0 Å². The number of nitrogens with two attached hydrogens (primary N) is 1. The molecule has 0 unspecified atom stereocenters. The second kappa shape index (κ2) is 18.0. The Labute approximate surface area is 180 Å². The molecule has 1 heterocycles. The quantitative estimate of drug-likeness (QED) is 0.131. The minimum atomic E-state index is -0.349. The van der Waals surface area contributed by atoms with Crippen LogP contribution >= 0.6 is 0 Å². The van der Waals surface area contributed by atoms with E-state index in [1.165, 1.54) is 25.0 Å². The van der Waals surface area contributed by atoms with E-state index in [1.54, 1.807) is 0 Å². The highest BCUT2D eigenvalue weighted by molar-refractivity contribution is 6.13. The predicted molar refractivity (Wildman–Crippen MR) is 119 cm³/mol. The van der Waals surface area contributed by atoms with Crippen molar-refractivity contribution in [2.24, 2.45) is 5.73 Å². The Balaban J connectivity index is 1.77. The van der Waals surface area contributed by atoms with E-state index in [-0.39, 0.29) is 30.7 Å². The number of rotatable bonds is 20. The number of carbonyl (C=O) groups excluding carboxylic acids is 3. The molecule has 0 saturated heterocycles. The average Bonchev–Trinajstić information content (AvgIpc) is 3.06. The summed E-state index contributed by atoms with van der Waals surface area (Å²) in [5.41, 5.74) is 5.45. The third-order valence-corrected chi connectivity index (χ3v) is 4.79. The van der Waals surface area contributed by atoms with E-state index in [4.69, 9.17) is 5.73 Å². The zero-order chi connectivity index (χ0) is 21.9. The lowest BCUT2D eigenvalue weighted by molar-refractivity contribution is -0.137. The SMILES string of the molecule is NCCCNCCCCNCCCCNCCCNC(=O)CCN1C(=O)C=CC1=O. The van der Waals surface area contributed by atoms with Crippen LogP contribution in [0.5, 0.6) is 0 Å². The number of nitrogens with zero attached hydrogens (tertiary/aromatic N) is 1. The Morgan fingerprint density at radius 3 is 1.70 bits per heavy atom. The molecule has 9 nitrogen and oxygen atoms in total. The van der Waals surface area contributed by atoms with E-state index in [1.807, 2.05) is 0 Å². The van der Waals surface area contributed by atoms with Crippen LogP contribution < -0.4 is 27.0 Å². The lowest BCUT2D eigenvalue weighted by atomic mass is 10.2. The normalized spacial score (nSPS) is 13.4. The number of nitrogens with one attached hydrogen (secondary N) is 4. The zero-order valence-electron chi connectivity index (χ0n) is 18.2. The van der Waals surface area contributed by atoms with Crippen molar-refractivity contribution in [3.05, 3.63) is 12.2 Å². The van der Waals surface area contributed by atoms with Crippen molar-refractivity contribution in [1.29, 1.82) is 0 Å². The lowest BCUT2D eigenvalue weighted by Gasteiger charge is -2.13. The predicted octanol–water partition coefficient (Wildman–Crippen LogP) is -0.514. The van der Waals surface area contributed by atoms with Crippen molar-refractivity contribution >= 4 is 17.7 Å². The first-order chi connectivity index (χ1) is 14.6. The molecule has 0 atom stereocenters. The number of hydrogen-bond donors (Lipinski definition) is 5. The van der Waals surface area contributed by atoms with Crippen molar-refractivity contribution in [3.63, 3.8) is 0 Å².